The van der Waals surface area contributed by atoms with Crippen LogP contribution in [0.2, 0.25) is 0 Å². The molecule has 0 bridgehead atoms. The van der Waals surface area contributed by atoms with E-state index < -0.39 is 97.5 Å². The zero-order chi connectivity index (χ0) is 73.1. The molecule has 0 aliphatic rings. The fraction of sp³-hybridized carbons (Fsp3) is 0.950. The van der Waals surface area contributed by atoms with Crippen LogP contribution in [0.3, 0.4) is 0 Å². The van der Waals surface area contributed by atoms with Gasteiger partial charge in [0.2, 0.25) is 0 Å². The Kier molecular flexibility index (Phi) is 67.8. The smallest absolute Gasteiger partial charge is 0.462 e. The van der Waals surface area contributed by atoms with Crippen LogP contribution in [0.5, 0.6) is 0 Å². The van der Waals surface area contributed by atoms with Crippen LogP contribution in [0.15, 0.2) is 0 Å². The van der Waals surface area contributed by atoms with E-state index in [0.29, 0.717) is 31.6 Å². The summed E-state index contributed by atoms with van der Waals surface area (Å²) in [6, 6.07) is 0. The third-order valence-corrected chi connectivity index (χ3v) is 21.2. The lowest BCUT2D eigenvalue weighted by Gasteiger charge is -2.21. The van der Waals surface area contributed by atoms with Crippen LogP contribution < -0.4 is 0 Å². The maximum atomic E-state index is 13.1. The fourth-order valence-corrected chi connectivity index (χ4v) is 13.8. The van der Waals surface area contributed by atoms with E-state index in [9.17, 15) is 43.2 Å². The standard InChI is InChI=1S/C80H156O17P2/c1-9-72(7)58-50-42-34-28-24-20-17-18-22-26-30-36-46-54-62-79(84)96-75(66-90-77(82)60-52-44-35-29-25-21-16-14-12-11-13-15-19-23-27-32-40-48-56-70(3)4)68-94-98(86,87)92-64-74(81)65-93-99(88,89)95-69-76(97-80(85)63-55-47-37-31-33-41-49-57-71(5)6)67-91-78(83)61-53-45-39-38-43-51-59-73(8)10-2/h70-76,81H,9-69H2,1-8H3,(H,86,87)(H,88,89)/t72?,73?,74-,75-,76-/m1/s1. The maximum absolute atomic E-state index is 13.1. The number of hydrogen-bond acceptors (Lipinski definition) is 15. The molecule has 0 rings (SSSR count). The molecule has 588 valence electrons. The number of rotatable bonds is 77. The Bertz CT molecular complexity index is 1940. The Hall–Kier alpha value is -1.94. The van der Waals surface area contributed by atoms with Gasteiger partial charge in [0.1, 0.15) is 19.3 Å². The number of aliphatic hydroxyl groups excluding tert-OH is 1. The number of hydrogen-bond donors (Lipinski definition) is 3. The van der Waals surface area contributed by atoms with Crippen molar-refractivity contribution in [3.05, 3.63) is 0 Å². The van der Waals surface area contributed by atoms with Gasteiger partial charge in [-0.3, -0.25) is 37.3 Å². The summed E-state index contributed by atoms with van der Waals surface area (Å²) < 4.78 is 68.6. The third kappa shape index (κ3) is 71.5. The van der Waals surface area contributed by atoms with E-state index in [1.165, 1.54) is 205 Å². The topological polar surface area (TPSA) is 237 Å². The van der Waals surface area contributed by atoms with Crippen LogP contribution in [0.25, 0.3) is 0 Å². The molecule has 7 atom stereocenters. The summed E-state index contributed by atoms with van der Waals surface area (Å²) in [7, 11) is -9.92. The number of phosphoric acid groups is 2. The summed E-state index contributed by atoms with van der Waals surface area (Å²) >= 11 is 0. The van der Waals surface area contributed by atoms with Gasteiger partial charge in [-0.2, -0.15) is 0 Å². The number of carbonyl (C=O) groups is 4. The second-order valence-electron chi connectivity index (χ2n) is 30.2. The molecule has 0 heterocycles. The molecule has 0 saturated carbocycles. The molecule has 0 aromatic heterocycles. The minimum absolute atomic E-state index is 0.102. The van der Waals surface area contributed by atoms with Gasteiger partial charge in [-0.15, -0.1) is 0 Å². The molecule has 0 saturated heterocycles. The van der Waals surface area contributed by atoms with Crippen molar-refractivity contribution >= 4 is 39.5 Å². The Morgan fingerprint density at radius 1 is 0.283 bits per heavy atom. The number of phosphoric ester groups is 2. The first-order valence-electron chi connectivity index (χ1n) is 41.3. The summed E-state index contributed by atoms with van der Waals surface area (Å²) in [5.74, 6) is 0.976. The normalized spacial score (nSPS) is 14.6. The lowest BCUT2D eigenvalue weighted by atomic mass is 9.99. The van der Waals surface area contributed by atoms with E-state index in [0.717, 1.165) is 114 Å². The first kappa shape index (κ1) is 97.1. The monoisotopic (exact) mass is 1450 g/mol. The lowest BCUT2D eigenvalue weighted by Crippen LogP contribution is -2.30. The molecule has 0 fully saturated rings. The average Bonchev–Trinajstić information content (AvgIpc) is 1.93. The van der Waals surface area contributed by atoms with Crippen molar-refractivity contribution in [1.82, 2.24) is 0 Å². The minimum Gasteiger partial charge on any atom is -0.462 e. The van der Waals surface area contributed by atoms with Gasteiger partial charge in [0.05, 0.1) is 26.4 Å². The van der Waals surface area contributed by atoms with Crippen molar-refractivity contribution in [3.63, 3.8) is 0 Å². The highest BCUT2D eigenvalue weighted by Crippen LogP contribution is 2.45. The summed E-state index contributed by atoms with van der Waals surface area (Å²) in [6.07, 6.45) is 55.7. The van der Waals surface area contributed by atoms with Crippen molar-refractivity contribution < 1.29 is 80.2 Å². The Morgan fingerprint density at radius 2 is 0.485 bits per heavy atom. The molecule has 0 aromatic rings. The lowest BCUT2D eigenvalue weighted by molar-refractivity contribution is -0.161. The second-order valence-corrected chi connectivity index (χ2v) is 33.1. The second kappa shape index (κ2) is 69.1. The highest BCUT2D eigenvalue weighted by atomic mass is 31.2. The Morgan fingerprint density at radius 3 is 0.717 bits per heavy atom. The highest BCUT2D eigenvalue weighted by Gasteiger charge is 2.30. The van der Waals surface area contributed by atoms with Crippen LogP contribution >= 0.6 is 15.6 Å². The van der Waals surface area contributed by atoms with Gasteiger partial charge >= 0.3 is 39.5 Å². The summed E-state index contributed by atoms with van der Waals surface area (Å²) in [5.41, 5.74) is 0. The van der Waals surface area contributed by atoms with Crippen LogP contribution in [0.4, 0.5) is 0 Å². The number of esters is 4. The van der Waals surface area contributed by atoms with E-state index >= 15 is 0 Å². The first-order valence-corrected chi connectivity index (χ1v) is 44.3. The van der Waals surface area contributed by atoms with Crippen LogP contribution in [0.1, 0.15) is 409 Å². The van der Waals surface area contributed by atoms with Crippen molar-refractivity contribution in [3.8, 4) is 0 Å². The molecule has 3 N–H and O–H groups in total. The molecule has 0 spiro atoms. The SMILES string of the molecule is CCC(C)CCCCCCCCCCCCCCCCC(=O)O[C@H](COC(=O)CCCCCCCCCCCCCCCCCCCCC(C)C)COP(=O)(O)OC[C@@H](O)COP(=O)(O)OC[C@@H](COC(=O)CCCCCCCCC(C)CC)OC(=O)CCCCCCCCCC(C)C. The van der Waals surface area contributed by atoms with Crippen molar-refractivity contribution in [1.29, 1.82) is 0 Å². The van der Waals surface area contributed by atoms with Crippen molar-refractivity contribution in [2.45, 2.75) is 427 Å². The van der Waals surface area contributed by atoms with Gasteiger partial charge in [-0.05, 0) is 49.4 Å². The number of ether oxygens (including phenoxy) is 4. The van der Waals surface area contributed by atoms with Gasteiger partial charge in [0.15, 0.2) is 12.2 Å². The molecule has 4 unspecified atom stereocenters. The highest BCUT2D eigenvalue weighted by molar-refractivity contribution is 7.47. The van der Waals surface area contributed by atoms with E-state index in [-0.39, 0.29) is 25.7 Å². The van der Waals surface area contributed by atoms with Gasteiger partial charge in [0.25, 0.3) is 0 Å². The molecule has 0 aliphatic carbocycles. The van der Waals surface area contributed by atoms with E-state index in [1.54, 1.807) is 0 Å². The maximum Gasteiger partial charge on any atom is 0.472 e. The van der Waals surface area contributed by atoms with Gasteiger partial charge in [0, 0.05) is 25.7 Å². The molecule has 0 aromatic carbocycles. The number of carbonyl (C=O) groups excluding carboxylic acids is 4. The largest absolute Gasteiger partial charge is 0.472 e. The van der Waals surface area contributed by atoms with E-state index in [2.05, 4.69) is 55.4 Å². The fourth-order valence-electron chi connectivity index (χ4n) is 12.2. The predicted molar refractivity (Wildman–Crippen MR) is 404 cm³/mol. The van der Waals surface area contributed by atoms with Crippen LogP contribution in [-0.4, -0.2) is 96.7 Å². The third-order valence-electron chi connectivity index (χ3n) is 19.3. The van der Waals surface area contributed by atoms with Gasteiger partial charge < -0.3 is 33.8 Å². The molecule has 0 radical (unpaired) electrons. The summed E-state index contributed by atoms with van der Waals surface area (Å²) in [6.45, 7) is 14.2. The average molecular weight is 1450 g/mol. The van der Waals surface area contributed by atoms with Gasteiger partial charge in [-0.1, -0.05) is 357 Å². The molecular formula is C80H156O17P2. The minimum atomic E-state index is -4.96. The molecule has 17 nitrogen and oxygen atoms in total. The first-order chi connectivity index (χ1) is 47.7. The molecular weight excluding hydrogens is 1290 g/mol. The molecule has 0 amide bonds. The molecule has 99 heavy (non-hydrogen) atoms. The van der Waals surface area contributed by atoms with Gasteiger partial charge in [-0.25, -0.2) is 9.13 Å². The zero-order valence-corrected chi connectivity index (χ0v) is 66.9. The summed E-state index contributed by atoms with van der Waals surface area (Å²) in [5, 5.41) is 10.6. The number of unbranched alkanes of at least 4 members (excludes halogenated alkanes) is 41. The van der Waals surface area contributed by atoms with Crippen molar-refractivity contribution in [2.75, 3.05) is 39.6 Å². The molecule has 19 heteroatoms. The zero-order valence-electron chi connectivity index (χ0n) is 65.1. The molecule has 0 aliphatic heterocycles. The Labute approximate surface area is 607 Å². The van der Waals surface area contributed by atoms with E-state index in [1.807, 2.05) is 0 Å². The quantitative estimate of drug-likeness (QED) is 0.0222. The summed E-state index contributed by atoms with van der Waals surface area (Å²) in [4.78, 5) is 72.9. The van der Waals surface area contributed by atoms with E-state index in [4.69, 9.17) is 37.0 Å². The van der Waals surface area contributed by atoms with Crippen LogP contribution in [0, 0.1) is 23.7 Å². The predicted octanol–water partition coefficient (Wildman–Crippen LogP) is 23.6. The number of aliphatic hydroxyl groups is 1. The van der Waals surface area contributed by atoms with Crippen molar-refractivity contribution in [2.24, 2.45) is 23.7 Å². The van der Waals surface area contributed by atoms with Crippen LogP contribution in [-0.2, 0) is 65.4 Å². The Balaban J connectivity index is 5.20.